The van der Waals surface area contributed by atoms with Crippen molar-refractivity contribution in [2.45, 2.75) is 32.9 Å². The lowest BCUT2D eigenvalue weighted by Gasteiger charge is -2.33. The van der Waals surface area contributed by atoms with Gasteiger partial charge >= 0.3 is 0 Å². The van der Waals surface area contributed by atoms with Crippen molar-refractivity contribution in [2.24, 2.45) is 0 Å². The van der Waals surface area contributed by atoms with E-state index in [1.165, 1.54) is 11.9 Å². The molecular weight excluding hydrogens is 474 g/mol. The average molecular weight is 508 g/mol. The summed E-state index contributed by atoms with van der Waals surface area (Å²) >= 11 is 0. The lowest BCUT2D eigenvalue weighted by Crippen LogP contribution is -2.53. The van der Waals surface area contributed by atoms with Crippen LogP contribution in [-0.2, 0) is 32.6 Å². The van der Waals surface area contributed by atoms with Crippen LogP contribution in [0.1, 0.15) is 22.3 Å². The van der Waals surface area contributed by atoms with Gasteiger partial charge < -0.3 is 10.2 Å². The van der Waals surface area contributed by atoms with Gasteiger partial charge in [-0.25, -0.2) is 8.42 Å². The number of hydrogen-bond acceptors (Lipinski definition) is 4. The number of nitrogens with zero attached hydrogens (tertiary/aromatic N) is 2. The van der Waals surface area contributed by atoms with E-state index < -0.39 is 28.5 Å². The molecule has 2 amide bonds. The molecule has 0 spiro atoms. The molecular formula is C28H33N3O4S. The van der Waals surface area contributed by atoms with E-state index in [1.807, 2.05) is 67.6 Å². The van der Waals surface area contributed by atoms with Crippen molar-refractivity contribution >= 4 is 27.5 Å². The van der Waals surface area contributed by atoms with Gasteiger partial charge in [-0.15, -0.1) is 0 Å². The minimum absolute atomic E-state index is 0.162. The Morgan fingerprint density at radius 1 is 0.861 bits per heavy atom. The molecule has 0 unspecified atom stereocenters. The van der Waals surface area contributed by atoms with Crippen LogP contribution in [0.25, 0.3) is 0 Å². The van der Waals surface area contributed by atoms with E-state index >= 15 is 0 Å². The van der Waals surface area contributed by atoms with Crippen LogP contribution < -0.4 is 9.62 Å². The summed E-state index contributed by atoms with van der Waals surface area (Å²) in [6.45, 7) is 3.51. The van der Waals surface area contributed by atoms with Crippen molar-refractivity contribution in [2.75, 3.05) is 24.2 Å². The fraction of sp³-hybridized carbons (Fsp3) is 0.286. The molecule has 1 atom stereocenters. The fourth-order valence-corrected chi connectivity index (χ4v) is 4.96. The second-order valence-electron chi connectivity index (χ2n) is 8.88. The van der Waals surface area contributed by atoms with Crippen molar-refractivity contribution in [3.05, 3.63) is 101 Å². The fourth-order valence-electron chi connectivity index (χ4n) is 4.05. The third-order valence-electron chi connectivity index (χ3n) is 6.05. The molecule has 3 aromatic carbocycles. The molecule has 0 aromatic heterocycles. The standard InChI is InChI=1S/C28H33N3O4S/c1-21-14-16-24(17-15-21)19-30(26(28(33)29-3)18-23-11-6-5-7-12-23)27(32)20-31(36(4,34)35)25-13-9-8-10-22(25)2/h5-17,26H,18-20H2,1-4H3,(H,29,33)/t26-/m0/s1. The van der Waals surface area contributed by atoms with Crippen LogP contribution in [0.2, 0.25) is 0 Å². The highest BCUT2D eigenvalue weighted by Crippen LogP contribution is 2.23. The highest BCUT2D eigenvalue weighted by Gasteiger charge is 2.32. The van der Waals surface area contributed by atoms with E-state index in [9.17, 15) is 18.0 Å². The summed E-state index contributed by atoms with van der Waals surface area (Å²) in [5.41, 5.74) is 3.98. The second kappa shape index (κ2) is 11.9. The molecule has 0 radical (unpaired) electrons. The number of benzene rings is 3. The molecule has 0 bridgehead atoms. The van der Waals surface area contributed by atoms with E-state index in [0.29, 0.717) is 12.1 Å². The zero-order valence-electron chi connectivity index (χ0n) is 21.1. The van der Waals surface area contributed by atoms with Gasteiger partial charge in [0, 0.05) is 20.0 Å². The number of anilines is 1. The molecule has 0 heterocycles. The third kappa shape index (κ3) is 6.95. The number of para-hydroxylation sites is 1. The van der Waals surface area contributed by atoms with Gasteiger partial charge in [0.25, 0.3) is 0 Å². The predicted octanol–water partition coefficient (Wildman–Crippen LogP) is 3.46. The molecule has 0 aliphatic carbocycles. The molecule has 0 aliphatic heterocycles. The number of amides is 2. The van der Waals surface area contributed by atoms with E-state index in [0.717, 1.165) is 32.8 Å². The van der Waals surface area contributed by atoms with Crippen LogP contribution >= 0.6 is 0 Å². The summed E-state index contributed by atoms with van der Waals surface area (Å²) in [5, 5.41) is 2.68. The third-order valence-corrected chi connectivity index (χ3v) is 7.18. The number of hydrogen-bond donors (Lipinski definition) is 1. The maximum atomic E-state index is 13.8. The zero-order valence-corrected chi connectivity index (χ0v) is 22.0. The van der Waals surface area contributed by atoms with Gasteiger partial charge in [0.2, 0.25) is 21.8 Å². The minimum Gasteiger partial charge on any atom is -0.357 e. The number of carbonyl (C=O) groups excluding carboxylic acids is 2. The average Bonchev–Trinajstić information content (AvgIpc) is 2.85. The summed E-state index contributed by atoms with van der Waals surface area (Å²) in [6, 6.07) is 23.4. The molecule has 8 heteroatoms. The first kappa shape index (κ1) is 26.9. The number of sulfonamides is 1. The first-order valence-electron chi connectivity index (χ1n) is 11.7. The van der Waals surface area contributed by atoms with Crippen LogP contribution in [0.3, 0.4) is 0 Å². The molecule has 0 saturated carbocycles. The second-order valence-corrected chi connectivity index (χ2v) is 10.8. The van der Waals surface area contributed by atoms with Gasteiger partial charge in [0.1, 0.15) is 12.6 Å². The summed E-state index contributed by atoms with van der Waals surface area (Å²) < 4.78 is 26.6. The van der Waals surface area contributed by atoms with E-state index in [-0.39, 0.29) is 12.5 Å². The Hall–Kier alpha value is -3.65. The quantitative estimate of drug-likeness (QED) is 0.455. The molecule has 36 heavy (non-hydrogen) atoms. The van der Waals surface area contributed by atoms with Gasteiger partial charge in [0.05, 0.1) is 11.9 Å². The Labute approximate surface area is 213 Å². The number of carbonyl (C=O) groups is 2. The Kier molecular flexibility index (Phi) is 8.88. The minimum atomic E-state index is -3.77. The molecule has 0 saturated heterocycles. The molecule has 3 rings (SSSR count). The zero-order chi connectivity index (χ0) is 26.3. The topological polar surface area (TPSA) is 86.8 Å². The van der Waals surface area contributed by atoms with Crippen molar-refractivity contribution in [1.29, 1.82) is 0 Å². The Morgan fingerprint density at radius 2 is 1.47 bits per heavy atom. The monoisotopic (exact) mass is 507 g/mol. The van der Waals surface area contributed by atoms with Crippen LogP contribution in [0.5, 0.6) is 0 Å². The largest absolute Gasteiger partial charge is 0.357 e. The molecule has 3 aromatic rings. The number of rotatable bonds is 10. The van der Waals surface area contributed by atoms with Crippen LogP contribution in [-0.4, -0.2) is 51.0 Å². The number of likely N-dealkylation sites (N-methyl/N-ethyl adjacent to an activating group) is 1. The first-order valence-corrected chi connectivity index (χ1v) is 13.6. The smallest absolute Gasteiger partial charge is 0.244 e. The van der Waals surface area contributed by atoms with Crippen molar-refractivity contribution in [3.63, 3.8) is 0 Å². The van der Waals surface area contributed by atoms with Gasteiger partial charge in [-0.3, -0.25) is 13.9 Å². The molecule has 190 valence electrons. The first-order chi connectivity index (χ1) is 17.1. The van der Waals surface area contributed by atoms with Gasteiger partial charge in [0.15, 0.2) is 0 Å². The van der Waals surface area contributed by atoms with Crippen LogP contribution in [0, 0.1) is 13.8 Å². The maximum absolute atomic E-state index is 13.8. The van der Waals surface area contributed by atoms with Gasteiger partial charge in [-0.1, -0.05) is 78.4 Å². The van der Waals surface area contributed by atoms with E-state index in [4.69, 9.17) is 0 Å². The SMILES string of the molecule is CNC(=O)[C@H](Cc1ccccc1)N(Cc1ccc(C)cc1)C(=O)CN(c1ccccc1C)S(C)(=O)=O. The van der Waals surface area contributed by atoms with Crippen molar-refractivity contribution in [3.8, 4) is 0 Å². The Morgan fingerprint density at radius 3 is 2.06 bits per heavy atom. The maximum Gasteiger partial charge on any atom is 0.244 e. The summed E-state index contributed by atoms with van der Waals surface area (Å²) in [5.74, 6) is -0.783. The van der Waals surface area contributed by atoms with E-state index in [1.54, 1.807) is 25.1 Å². The number of aryl methyl sites for hydroxylation is 2. The highest BCUT2D eigenvalue weighted by molar-refractivity contribution is 7.92. The summed E-state index contributed by atoms with van der Waals surface area (Å²) in [7, 11) is -2.24. The van der Waals surface area contributed by atoms with Gasteiger partial charge in [-0.05, 0) is 36.6 Å². The lowest BCUT2D eigenvalue weighted by atomic mass is 10.0. The molecule has 7 nitrogen and oxygen atoms in total. The summed E-state index contributed by atoms with van der Waals surface area (Å²) in [6.07, 6.45) is 1.37. The summed E-state index contributed by atoms with van der Waals surface area (Å²) in [4.78, 5) is 28.4. The van der Waals surface area contributed by atoms with Crippen LogP contribution in [0.15, 0.2) is 78.9 Å². The Bertz CT molecular complexity index is 1290. The van der Waals surface area contributed by atoms with E-state index in [2.05, 4.69) is 5.32 Å². The lowest BCUT2D eigenvalue weighted by molar-refractivity contribution is -0.139. The molecule has 0 fully saturated rings. The van der Waals surface area contributed by atoms with Crippen LogP contribution in [0.4, 0.5) is 5.69 Å². The number of nitrogens with one attached hydrogen (secondary N) is 1. The Balaban J connectivity index is 2.03. The van der Waals surface area contributed by atoms with Crippen molar-refractivity contribution < 1.29 is 18.0 Å². The normalized spacial score (nSPS) is 12.0. The molecule has 1 N–H and O–H groups in total. The predicted molar refractivity (Wildman–Crippen MR) is 143 cm³/mol. The molecule has 0 aliphatic rings. The van der Waals surface area contributed by atoms with Crippen molar-refractivity contribution in [1.82, 2.24) is 10.2 Å². The van der Waals surface area contributed by atoms with Gasteiger partial charge in [-0.2, -0.15) is 0 Å². The highest BCUT2D eigenvalue weighted by atomic mass is 32.2.